The van der Waals surface area contributed by atoms with Gasteiger partial charge < -0.3 is 9.80 Å². The number of anilines is 1. The molecule has 2 aromatic rings. The number of allylic oxidation sites excluding steroid dienone is 3. The molecule has 0 N–H and O–H groups in total. The molecule has 1 saturated heterocycles. The molecule has 2 aromatic carbocycles. The highest BCUT2D eigenvalue weighted by Gasteiger charge is 2.35. The number of carbonyl (C=O) groups excluding carboxylic acids is 3. The first-order chi connectivity index (χ1) is 16.5. The van der Waals surface area contributed by atoms with Crippen LogP contribution in [-0.4, -0.2) is 59.5 Å². The SMILES string of the molecule is O=C(c1ccc(CN2C(=O)N=C3C=CC=CC3C2=O)cc1)N1CCN(c2cccc(Cl)c2)CC1. The fourth-order valence-electron chi connectivity index (χ4n) is 4.38. The summed E-state index contributed by atoms with van der Waals surface area (Å²) in [6.07, 6.45) is 6.98. The zero-order valence-corrected chi connectivity index (χ0v) is 19.2. The predicted molar refractivity (Wildman–Crippen MR) is 131 cm³/mol. The maximum atomic E-state index is 13.0. The van der Waals surface area contributed by atoms with E-state index in [-0.39, 0.29) is 18.4 Å². The molecule has 1 atom stereocenters. The summed E-state index contributed by atoms with van der Waals surface area (Å²) in [6.45, 7) is 2.82. The minimum Gasteiger partial charge on any atom is -0.368 e. The Labute approximate surface area is 202 Å². The van der Waals surface area contributed by atoms with E-state index in [1.165, 1.54) is 0 Å². The second kappa shape index (κ2) is 9.27. The topological polar surface area (TPSA) is 73.3 Å². The standard InChI is InChI=1S/C26H23ClN4O3/c27-20-4-3-5-21(16-20)29-12-14-30(15-13-29)24(32)19-10-8-18(9-11-19)17-31-25(33)22-6-1-2-7-23(22)28-26(31)34/h1-11,16,22H,12-15,17H2. The number of nitrogens with zero attached hydrogens (tertiary/aromatic N) is 4. The molecule has 2 aliphatic heterocycles. The molecule has 2 heterocycles. The summed E-state index contributed by atoms with van der Waals surface area (Å²) in [7, 11) is 0. The van der Waals surface area contributed by atoms with Crippen LogP contribution in [0, 0.1) is 5.92 Å². The number of rotatable bonds is 4. The smallest absolute Gasteiger partial charge is 0.350 e. The van der Waals surface area contributed by atoms with Crippen molar-refractivity contribution in [1.82, 2.24) is 9.80 Å². The first-order valence-electron chi connectivity index (χ1n) is 11.2. The normalized spacial score (nSPS) is 19.9. The van der Waals surface area contributed by atoms with Crippen molar-refractivity contribution in [2.45, 2.75) is 6.54 Å². The monoisotopic (exact) mass is 474 g/mol. The summed E-state index contributed by atoms with van der Waals surface area (Å²) in [6, 6.07) is 14.2. The Bertz CT molecular complexity index is 1230. The zero-order chi connectivity index (χ0) is 23.7. The Morgan fingerprint density at radius 3 is 2.50 bits per heavy atom. The Kier molecular flexibility index (Phi) is 6.02. The third-order valence-electron chi connectivity index (χ3n) is 6.27. The van der Waals surface area contributed by atoms with Gasteiger partial charge >= 0.3 is 6.03 Å². The lowest BCUT2D eigenvalue weighted by Crippen LogP contribution is -2.48. The van der Waals surface area contributed by atoms with Crippen molar-refractivity contribution in [3.05, 3.63) is 89.0 Å². The molecule has 5 rings (SSSR count). The number of hydrogen-bond acceptors (Lipinski definition) is 4. The van der Waals surface area contributed by atoms with Crippen LogP contribution in [0.4, 0.5) is 10.5 Å². The average Bonchev–Trinajstić information content (AvgIpc) is 2.87. The Morgan fingerprint density at radius 1 is 1.00 bits per heavy atom. The summed E-state index contributed by atoms with van der Waals surface area (Å²) in [5.74, 6) is -0.835. The van der Waals surface area contributed by atoms with Crippen LogP contribution in [0.2, 0.25) is 5.02 Å². The van der Waals surface area contributed by atoms with Crippen molar-refractivity contribution in [2.24, 2.45) is 10.9 Å². The summed E-state index contributed by atoms with van der Waals surface area (Å²) >= 11 is 6.10. The van der Waals surface area contributed by atoms with Crippen LogP contribution in [-0.2, 0) is 11.3 Å². The Morgan fingerprint density at radius 2 is 1.76 bits per heavy atom. The number of benzene rings is 2. The van der Waals surface area contributed by atoms with Gasteiger partial charge in [-0.05, 0) is 42.0 Å². The number of hydrogen-bond donors (Lipinski definition) is 0. The summed E-state index contributed by atoms with van der Waals surface area (Å²) in [4.78, 5) is 47.4. The lowest BCUT2D eigenvalue weighted by molar-refractivity contribution is -0.129. The fourth-order valence-corrected chi connectivity index (χ4v) is 4.57. The molecule has 3 aliphatic rings. The third-order valence-corrected chi connectivity index (χ3v) is 6.50. The summed E-state index contributed by atoms with van der Waals surface area (Å²) in [5, 5.41) is 0.698. The van der Waals surface area contributed by atoms with Gasteiger partial charge in [-0.2, -0.15) is 4.99 Å². The van der Waals surface area contributed by atoms with E-state index in [4.69, 9.17) is 11.6 Å². The number of urea groups is 1. The van der Waals surface area contributed by atoms with Crippen molar-refractivity contribution >= 4 is 40.8 Å². The Hall–Kier alpha value is -3.71. The largest absolute Gasteiger partial charge is 0.368 e. The third kappa shape index (κ3) is 4.39. The molecule has 172 valence electrons. The molecule has 1 unspecified atom stereocenters. The highest BCUT2D eigenvalue weighted by atomic mass is 35.5. The van der Waals surface area contributed by atoms with E-state index in [1.807, 2.05) is 29.2 Å². The highest BCUT2D eigenvalue weighted by Crippen LogP contribution is 2.23. The van der Waals surface area contributed by atoms with Crippen LogP contribution in [0.5, 0.6) is 0 Å². The van der Waals surface area contributed by atoms with Crippen molar-refractivity contribution in [3.8, 4) is 0 Å². The van der Waals surface area contributed by atoms with Gasteiger partial charge in [0, 0.05) is 42.5 Å². The average molecular weight is 475 g/mol. The van der Waals surface area contributed by atoms with Gasteiger partial charge in [-0.1, -0.05) is 48.0 Å². The first-order valence-corrected chi connectivity index (χ1v) is 11.5. The lowest BCUT2D eigenvalue weighted by Gasteiger charge is -2.36. The van der Waals surface area contributed by atoms with Gasteiger partial charge in [0.15, 0.2) is 0 Å². The molecule has 8 heteroatoms. The van der Waals surface area contributed by atoms with E-state index in [2.05, 4.69) is 9.89 Å². The van der Waals surface area contributed by atoms with Gasteiger partial charge in [-0.15, -0.1) is 0 Å². The van der Waals surface area contributed by atoms with Crippen LogP contribution < -0.4 is 4.90 Å². The van der Waals surface area contributed by atoms with E-state index in [0.29, 0.717) is 29.4 Å². The zero-order valence-electron chi connectivity index (χ0n) is 18.4. The molecule has 4 amide bonds. The van der Waals surface area contributed by atoms with E-state index in [9.17, 15) is 14.4 Å². The van der Waals surface area contributed by atoms with Crippen molar-refractivity contribution < 1.29 is 14.4 Å². The quantitative estimate of drug-likeness (QED) is 0.672. The van der Waals surface area contributed by atoms with Crippen LogP contribution >= 0.6 is 11.6 Å². The molecule has 0 bridgehead atoms. The highest BCUT2D eigenvalue weighted by molar-refractivity contribution is 6.30. The second-order valence-electron chi connectivity index (χ2n) is 8.42. The Balaban J connectivity index is 1.21. The molecule has 0 spiro atoms. The van der Waals surface area contributed by atoms with Crippen LogP contribution in [0.25, 0.3) is 0 Å². The molecule has 0 radical (unpaired) electrons. The molecule has 34 heavy (non-hydrogen) atoms. The lowest BCUT2D eigenvalue weighted by atomic mass is 9.95. The summed E-state index contributed by atoms with van der Waals surface area (Å²) < 4.78 is 0. The number of imide groups is 1. The number of piperazine rings is 1. The molecule has 1 aliphatic carbocycles. The van der Waals surface area contributed by atoms with Gasteiger partial charge in [0.25, 0.3) is 5.91 Å². The first kappa shape index (κ1) is 22.1. The molecule has 0 aromatic heterocycles. The number of amides is 4. The summed E-state index contributed by atoms with van der Waals surface area (Å²) in [5.41, 5.74) is 2.88. The van der Waals surface area contributed by atoms with Crippen LogP contribution in [0.1, 0.15) is 15.9 Å². The molecular weight excluding hydrogens is 452 g/mol. The molecule has 0 saturated carbocycles. The minimum atomic E-state index is -0.561. The van der Waals surface area contributed by atoms with Gasteiger partial charge in [-0.3, -0.25) is 14.5 Å². The van der Waals surface area contributed by atoms with Gasteiger partial charge in [0.05, 0.1) is 18.2 Å². The van der Waals surface area contributed by atoms with E-state index >= 15 is 0 Å². The maximum absolute atomic E-state index is 13.0. The van der Waals surface area contributed by atoms with Crippen molar-refractivity contribution in [2.75, 3.05) is 31.1 Å². The van der Waals surface area contributed by atoms with E-state index < -0.39 is 11.9 Å². The molecular formula is C26H23ClN4O3. The molecule has 7 nitrogen and oxygen atoms in total. The maximum Gasteiger partial charge on any atom is 0.350 e. The van der Waals surface area contributed by atoms with Crippen LogP contribution in [0.3, 0.4) is 0 Å². The number of carbonyl (C=O) groups is 3. The number of aliphatic imine (C=N–C) groups is 1. The van der Waals surface area contributed by atoms with E-state index in [0.717, 1.165) is 29.2 Å². The predicted octanol–water partition coefficient (Wildman–Crippen LogP) is 3.95. The van der Waals surface area contributed by atoms with Gasteiger partial charge in [0.1, 0.15) is 0 Å². The van der Waals surface area contributed by atoms with Crippen molar-refractivity contribution in [3.63, 3.8) is 0 Å². The van der Waals surface area contributed by atoms with E-state index in [1.54, 1.807) is 48.6 Å². The number of halogens is 1. The van der Waals surface area contributed by atoms with Gasteiger partial charge in [-0.25, -0.2) is 4.79 Å². The number of fused-ring (bicyclic) bond motifs is 1. The fraction of sp³-hybridized carbons (Fsp3) is 0.231. The second-order valence-corrected chi connectivity index (χ2v) is 8.86. The minimum absolute atomic E-state index is 0.0317. The van der Waals surface area contributed by atoms with Crippen molar-refractivity contribution in [1.29, 1.82) is 0 Å². The molecule has 1 fully saturated rings. The van der Waals surface area contributed by atoms with Gasteiger partial charge in [0.2, 0.25) is 5.91 Å². The van der Waals surface area contributed by atoms with Crippen LogP contribution in [0.15, 0.2) is 77.8 Å².